The van der Waals surface area contributed by atoms with Gasteiger partial charge in [-0.15, -0.1) is 0 Å². The molecule has 2 N–H and O–H groups in total. The largest absolute Gasteiger partial charge is 0.462 e. The first-order valence-electron chi connectivity index (χ1n) is 7.42. The van der Waals surface area contributed by atoms with Crippen LogP contribution in [0.15, 0.2) is 47.4 Å². The van der Waals surface area contributed by atoms with E-state index in [-0.39, 0.29) is 17.6 Å². The first-order valence-corrected chi connectivity index (χ1v) is 7.42. The van der Waals surface area contributed by atoms with Crippen molar-refractivity contribution in [2.75, 3.05) is 6.61 Å². The maximum absolute atomic E-state index is 12.9. The van der Waals surface area contributed by atoms with Crippen LogP contribution in [0.1, 0.15) is 17.3 Å². The van der Waals surface area contributed by atoms with Gasteiger partial charge in [-0.05, 0) is 25.1 Å². The summed E-state index contributed by atoms with van der Waals surface area (Å²) in [5, 5.41) is 2.29. The Bertz CT molecular complexity index is 1120. The smallest absolute Gasteiger partial charge is 0.343 e. The molecule has 0 atom stereocenters. The number of ether oxygens (including phenoxy) is 1. The molecule has 4 rings (SSSR count). The predicted molar refractivity (Wildman–Crippen MR) is 89.9 cm³/mol. The molecule has 0 amide bonds. The van der Waals surface area contributed by atoms with Gasteiger partial charge >= 0.3 is 5.97 Å². The number of pyridine rings is 1. The van der Waals surface area contributed by atoms with Crippen molar-refractivity contribution in [3.63, 3.8) is 0 Å². The lowest BCUT2D eigenvalue weighted by Gasteiger charge is -2.04. The molecule has 2 heterocycles. The van der Waals surface area contributed by atoms with Crippen LogP contribution in [0.3, 0.4) is 0 Å². The molecule has 0 aliphatic heterocycles. The first-order chi connectivity index (χ1) is 11.2. The number of para-hydroxylation sites is 1. The van der Waals surface area contributed by atoms with Gasteiger partial charge in [0.15, 0.2) is 0 Å². The van der Waals surface area contributed by atoms with E-state index in [2.05, 4.69) is 9.97 Å². The number of esters is 1. The summed E-state index contributed by atoms with van der Waals surface area (Å²) in [7, 11) is 0. The lowest BCUT2D eigenvalue weighted by molar-refractivity contribution is 0.0524. The van der Waals surface area contributed by atoms with Gasteiger partial charge in [0.1, 0.15) is 5.56 Å². The van der Waals surface area contributed by atoms with Gasteiger partial charge in [-0.1, -0.05) is 18.2 Å². The highest BCUT2D eigenvalue weighted by molar-refractivity contribution is 6.20. The van der Waals surface area contributed by atoms with Crippen LogP contribution in [0.5, 0.6) is 0 Å². The topological polar surface area (TPSA) is 75.0 Å². The predicted octanol–water partition coefficient (Wildman–Crippen LogP) is 3.34. The Morgan fingerprint density at radius 1 is 1.04 bits per heavy atom. The van der Waals surface area contributed by atoms with Crippen LogP contribution < -0.4 is 5.43 Å². The van der Waals surface area contributed by atoms with Crippen molar-refractivity contribution in [1.29, 1.82) is 0 Å². The van der Waals surface area contributed by atoms with E-state index in [9.17, 15) is 9.59 Å². The summed E-state index contributed by atoms with van der Waals surface area (Å²) in [6, 6.07) is 11.6. The fourth-order valence-corrected chi connectivity index (χ4v) is 3.01. The van der Waals surface area contributed by atoms with Crippen LogP contribution >= 0.6 is 0 Å². The summed E-state index contributed by atoms with van der Waals surface area (Å²) in [4.78, 5) is 31.2. The Kier molecular flexibility index (Phi) is 2.94. The minimum absolute atomic E-state index is 0.0251. The number of benzene rings is 2. The van der Waals surface area contributed by atoms with Gasteiger partial charge in [-0.2, -0.15) is 0 Å². The number of nitrogens with one attached hydrogen (secondary N) is 2. The van der Waals surface area contributed by atoms with Gasteiger partial charge in [-0.3, -0.25) is 4.79 Å². The molecule has 23 heavy (non-hydrogen) atoms. The Hall–Kier alpha value is -3.08. The van der Waals surface area contributed by atoms with Crippen molar-refractivity contribution >= 4 is 38.7 Å². The van der Waals surface area contributed by atoms with Crippen LogP contribution in [0, 0.1) is 0 Å². The molecule has 5 nitrogen and oxygen atoms in total. The van der Waals surface area contributed by atoms with E-state index in [0.717, 1.165) is 21.8 Å². The summed E-state index contributed by atoms with van der Waals surface area (Å²) in [5.41, 5.74) is 2.23. The second-order valence-corrected chi connectivity index (χ2v) is 5.33. The summed E-state index contributed by atoms with van der Waals surface area (Å²) < 4.78 is 4.97. The average molecular weight is 306 g/mol. The zero-order valence-electron chi connectivity index (χ0n) is 12.5. The lowest BCUT2D eigenvalue weighted by atomic mass is 10.0. The molecule has 2 aromatic carbocycles. The number of aromatic amines is 2. The van der Waals surface area contributed by atoms with Crippen LogP contribution in [0.25, 0.3) is 32.7 Å². The molecule has 4 aromatic rings. The zero-order chi connectivity index (χ0) is 16.0. The van der Waals surface area contributed by atoms with Crippen LogP contribution in [0.4, 0.5) is 0 Å². The minimum atomic E-state index is -0.604. The number of H-pyrrole nitrogens is 2. The highest BCUT2D eigenvalue weighted by Crippen LogP contribution is 2.29. The van der Waals surface area contributed by atoms with Crippen LogP contribution in [0.2, 0.25) is 0 Å². The van der Waals surface area contributed by atoms with Gasteiger partial charge in [0, 0.05) is 28.0 Å². The van der Waals surface area contributed by atoms with E-state index in [1.807, 2.05) is 36.4 Å². The first kappa shape index (κ1) is 13.6. The van der Waals surface area contributed by atoms with Crippen molar-refractivity contribution in [2.45, 2.75) is 6.92 Å². The molecule has 0 bridgehead atoms. The molecule has 0 saturated carbocycles. The molecule has 0 unspecified atom stereocenters. The molecular formula is C18H14N2O3. The molecule has 0 radical (unpaired) electrons. The van der Waals surface area contributed by atoms with Crippen molar-refractivity contribution in [3.05, 3.63) is 58.4 Å². The van der Waals surface area contributed by atoms with E-state index in [1.54, 1.807) is 6.92 Å². The standard InChI is InChI=1S/C18H14N2O3/c1-2-23-18(22)11-9-19-13-7-8-14-15(16(13)17(11)21)10-5-3-4-6-12(10)20-14/h3-9,20H,2H2,1H3,(H,19,21). The number of fused-ring (bicyclic) bond motifs is 5. The molecule has 0 aliphatic carbocycles. The van der Waals surface area contributed by atoms with E-state index in [1.165, 1.54) is 6.20 Å². The number of aromatic nitrogens is 2. The van der Waals surface area contributed by atoms with E-state index >= 15 is 0 Å². The maximum atomic E-state index is 12.9. The van der Waals surface area contributed by atoms with E-state index in [4.69, 9.17) is 4.74 Å². The SMILES string of the molecule is CCOC(=O)c1c[nH]c2ccc3[nH]c4ccccc4c3c2c1=O. The van der Waals surface area contributed by atoms with E-state index < -0.39 is 5.97 Å². The molecule has 0 spiro atoms. The highest BCUT2D eigenvalue weighted by atomic mass is 16.5. The van der Waals surface area contributed by atoms with Gasteiger partial charge in [0.05, 0.1) is 17.5 Å². The fourth-order valence-electron chi connectivity index (χ4n) is 3.01. The number of carbonyl (C=O) groups excluding carboxylic acids is 1. The Balaban J connectivity index is 2.17. The molecular weight excluding hydrogens is 292 g/mol. The van der Waals surface area contributed by atoms with Gasteiger partial charge < -0.3 is 14.7 Å². The monoisotopic (exact) mass is 306 g/mol. The number of carbonyl (C=O) groups is 1. The van der Waals surface area contributed by atoms with Crippen molar-refractivity contribution < 1.29 is 9.53 Å². The van der Waals surface area contributed by atoms with Crippen LogP contribution in [-0.2, 0) is 4.74 Å². The average Bonchev–Trinajstić information content (AvgIpc) is 2.94. The molecule has 0 fully saturated rings. The highest BCUT2D eigenvalue weighted by Gasteiger charge is 2.17. The summed E-state index contributed by atoms with van der Waals surface area (Å²) in [5.74, 6) is -0.604. The zero-order valence-corrected chi connectivity index (χ0v) is 12.5. The summed E-state index contributed by atoms with van der Waals surface area (Å²) in [6.45, 7) is 1.94. The minimum Gasteiger partial charge on any atom is -0.462 e. The van der Waals surface area contributed by atoms with E-state index in [0.29, 0.717) is 10.9 Å². The van der Waals surface area contributed by atoms with Crippen molar-refractivity contribution in [1.82, 2.24) is 9.97 Å². The van der Waals surface area contributed by atoms with Crippen molar-refractivity contribution in [3.8, 4) is 0 Å². The normalized spacial score (nSPS) is 11.3. The molecule has 0 aliphatic rings. The number of rotatable bonds is 2. The third-order valence-electron chi connectivity index (χ3n) is 4.01. The maximum Gasteiger partial charge on any atom is 0.343 e. The van der Waals surface area contributed by atoms with Gasteiger partial charge in [-0.25, -0.2) is 4.79 Å². The third kappa shape index (κ3) is 1.93. The second-order valence-electron chi connectivity index (χ2n) is 5.33. The molecule has 2 aromatic heterocycles. The quantitative estimate of drug-likeness (QED) is 0.558. The van der Waals surface area contributed by atoms with Gasteiger partial charge in [0.25, 0.3) is 0 Å². The second kappa shape index (κ2) is 4.98. The third-order valence-corrected chi connectivity index (χ3v) is 4.01. The molecule has 114 valence electrons. The van der Waals surface area contributed by atoms with Crippen molar-refractivity contribution in [2.24, 2.45) is 0 Å². The number of hydrogen-bond donors (Lipinski definition) is 2. The van der Waals surface area contributed by atoms with Gasteiger partial charge in [0.2, 0.25) is 5.43 Å². The molecule has 5 heteroatoms. The Morgan fingerprint density at radius 3 is 2.65 bits per heavy atom. The Labute approximate surface area is 130 Å². The number of hydrogen-bond acceptors (Lipinski definition) is 3. The Morgan fingerprint density at radius 2 is 1.83 bits per heavy atom. The summed E-state index contributed by atoms with van der Waals surface area (Å²) in [6.07, 6.45) is 1.42. The van der Waals surface area contributed by atoms with Crippen LogP contribution in [-0.4, -0.2) is 22.5 Å². The lowest BCUT2D eigenvalue weighted by Crippen LogP contribution is -2.18. The fraction of sp³-hybridized carbons (Fsp3) is 0.111. The summed E-state index contributed by atoms with van der Waals surface area (Å²) >= 11 is 0. The molecule has 0 saturated heterocycles.